The maximum Gasteiger partial charge on any atom is 0.323 e. The van der Waals surface area contributed by atoms with Gasteiger partial charge < -0.3 is 30.5 Å². The number of hydrogen-bond acceptors (Lipinski definition) is 5. The minimum Gasteiger partial charge on any atom is -0.495 e. The Bertz CT molecular complexity index is 1300. The van der Waals surface area contributed by atoms with Crippen LogP contribution in [0.4, 0.5) is 27.5 Å². The molecule has 8 nitrogen and oxygen atoms in total. The summed E-state index contributed by atoms with van der Waals surface area (Å²) < 4.78 is 5.56. The Morgan fingerprint density at radius 1 is 0.800 bits per heavy atom. The van der Waals surface area contributed by atoms with Gasteiger partial charge in [0.2, 0.25) is 0 Å². The van der Waals surface area contributed by atoms with E-state index in [4.69, 9.17) is 4.74 Å². The van der Waals surface area contributed by atoms with E-state index in [1.54, 1.807) is 13.2 Å². The SMILES string of the molecule is COc1ccccc1N1CCN(c2ccc(NC(=O)Nc3ccc(C(C)C)cc3)cc2C(=O)NCC(C)C)CC1. The smallest absolute Gasteiger partial charge is 0.323 e. The molecule has 0 atom stereocenters. The predicted octanol–water partition coefficient (Wildman–Crippen LogP) is 6.18. The van der Waals surface area contributed by atoms with Gasteiger partial charge in [0, 0.05) is 49.8 Å². The van der Waals surface area contributed by atoms with Crippen molar-refractivity contribution in [1.29, 1.82) is 0 Å². The van der Waals surface area contributed by atoms with Crippen molar-refractivity contribution >= 4 is 34.7 Å². The van der Waals surface area contributed by atoms with Crippen LogP contribution in [0.25, 0.3) is 0 Å². The van der Waals surface area contributed by atoms with Gasteiger partial charge in [0.1, 0.15) is 5.75 Å². The molecule has 1 fully saturated rings. The van der Waals surface area contributed by atoms with E-state index in [-0.39, 0.29) is 11.9 Å². The number of urea groups is 1. The first-order chi connectivity index (χ1) is 19.2. The molecule has 0 aromatic heterocycles. The lowest BCUT2D eigenvalue weighted by Gasteiger charge is -2.38. The number of nitrogens with one attached hydrogen (secondary N) is 3. The molecule has 3 amide bonds. The van der Waals surface area contributed by atoms with E-state index < -0.39 is 0 Å². The molecule has 0 unspecified atom stereocenters. The number of nitrogens with zero attached hydrogens (tertiary/aromatic N) is 2. The highest BCUT2D eigenvalue weighted by molar-refractivity contribution is 6.04. The van der Waals surface area contributed by atoms with Gasteiger partial charge >= 0.3 is 6.03 Å². The summed E-state index contributed by atoms with van der Waals surface area (Å²) in [6.07, 6.45) is 0. The van der Waals surface area contributed by atoms with Crippen molar-refractivity contribution in [2.75, 3.05) is 60.3 Å². The van der Waals surface area contributed by atoms with E-state index in [9.17, 15) is 9.59 Å². The van der Waals surface area contributed by atoms with Crippen LogP contribution in [0.3, 0.4) is 0 Å². The Hall–Kier alpha value is -4.20. The second-order valence-electron chi connectivity index (χ2n) is 10.8. The highest BCUT2D eigenvalue weighted by Gasteiger charge is 2.24. The lowest BCUT2D eigenvalue weighted by molar-refractivity contribution is 0.0949. The summed E-state index contributed by atoms with van der Waals surface area (Å²) in [7, 11) is 1.69. The highest BCUT2D eigenvalue weighted by atomic mass is 16.5. The van der Waals surface area contributed by atoms with Crippen LogP contribution in [0, 0.1) is 5.92 Å². The average Bonchev–Trinajstić information content (AvgIpc) is 2.96. The van der Waals surface area contributed by atoms with Crippen LogP contribution in [-0.4, -0.2) is 51.8 Å². The first kappa shape index (κ1) is 28.8. The zero-order valence-corrected chi connectivity index (χ0v) is 24.2. The van der Waals surface area contributed by atoms with Crippen molar-refractivity contribution in [2.45, 2.75) is 33.6 Å². The summed E-state index contributed by atoms with van der Waals surface area (Å²) >= 11 is 0. The van der Waals surface area contributed by atoms with E-state index in [2.05, 4.69) is 59.5 Å². The molecule has 1 aliphatic rings. The quantitative estimate of drug-likeness (QED) is 0.300. The Balaban J connectivity index is 1.49. The summed E-state index contributed by atoms with van der Waals surface area (Å²) in [6, 6.07) is 21.0. The Morgan fingerprint density at radius 2 is 1.40 bits per heavy atom. The molecule has 212 valence electrons. The monoisotopic (exact) mass is 543 g/mol. The fourth-order valence-corrected chi connectivity index (χ4v) is 4.79. The standard InChI is InChI=1S/C32H41N5O3/c1-22(2)21-33-31(38)27-20-26(35-32(39)34-25-12-10-24(11-13-25)23(3)4)14-15-28(27)36-16-18-37(19-17-36)29-8-6-7-9-30(29)40-5/h6-15,20,22-23H,16-19,21H2,1-5H3,(H,33,38)(H2,34,35,39). The van der Waals surface area contributed by atoms with Crippen molar-refractivity contribution < 1.29 is 14.3 Å². The molecule has 1 heterocycles. The molecule has 4 rings (SSSR count). The zero-order valence-electron chi connectivity index (χ0n) is 24.2. The van der Waals surface area contributed by atoms with Crippen LogP contribution in [-0.2, 0) is 0 Å². The van der Waals surface area contributed by atoms with Gasteiger partial charge in [0.05, 0.1) is 18.4 Å². The van der Waals surface area contributed by atoms with Gasteiger partial charge in [-0.2, -0.15) is 0 Å². The number of rotatable bonds is 9. The van der Waals surface area contributed by atoms with E-state index in [0.717, 1.165) is 43.3 Å². The third-order valence-corrected chi connectivity index (χ3v) is 7.05. The first-order valence-corrected chi connectivity index (χ1v) is 14.0. The van der Waals surface area contributed by atoms with Crippen LogP contribution in [0.2, 0.25) is 0 Å². The fourth-order valence-electron chi connectivity index (χ4n) is 4.79. The van der Waals surface area contributed by atoms with Crippen molar-refractivity contribution in [3.8, 4) is 5.75 Å². The minimum absolute atomic E-state index is 0.149. The lowest BCUT2D eigenvalue weighted by Crippen LogP contribution is -2.47. The molecule has 1 aliphatic heterocycles. The molecule has 40 heavy (non-hydrogen) atoms. The fraction of sp³-hybridized carbons (Fsp3) is 0.375. The Kier molecular flexibility index (Phi) is 9.53. The third kappa shape index (κ3) is 7.25. The number of hydrogen-bond donors (Lipinski definition) is 3. The van der Waals surface area contributed by atoms with E-state index in [0.29, 0.717) is 35.3 Å². The number of methoxy groups -OCH3 is 1. The number of carbonyl (C=O) groups excluding carboxylic acids is 2. The van der Waals surface area contributed by atoms with Gasteiger partial charge in [-0.25, -0.2) is 4.79 Å². The maximum absolute atomic E-state index is 13.3. The lowest BCUT2D eigenvalue weighted by atomic mass is 10.0. The van der Waals surface area contributed by atoms with E-state index in [1.165, 1.54) is 5.56 Å². The number of amides is 3. The van der Waals surface area contributed by atoms with Crippen LogP contribution in [0.1, 0.15) is 49.5 Å². The molecular formula is C32H41N5O3. The largest absolute Gasteiger partial charge is 0.495 e. The number of piperazine rings is 1. The van der Waals surface area contributed by atoms with Crippen molar-refractivity contribution in [3.05, 3.63) is 77.9 Å². The van der Waals surface area contributed by atoms with Crippen LogP contribution < -0.4 is 30.5 Å². The summed E-state index contributed by atoms with van der Waals surface area (Å²) in [4.78, 5) is 30.6. The molecule has 0 aliphatic carbocycles. The molecule has 8 heteroatoms. The van der Waals surface area contributed by atoms with E-state index >= 15 is 0 Å². The van der Waals surface area contributed by atoms with Gasteiger partial charge in [-0.3, -0.25) is 4.79 Å². The van der Waals surface area contributed by atoms with Crippen LogP contribution in [0.15, 0.2) is 66.7 Å². The molecule has 0 saturated carbocycles. The molecule has 0 spiro atoms. The van der Waals surface area contributed by atoms with Gasteiger partial charge in [0.15, 0.2) is 0 Å². The Labute approximate surface area is 237 Å². The van der Waals surface area contributed by atoms with Gasteiger partial charge in [-0.1, -0.05) is 52.0 Å². The van der Waals surface area contributed by atoms with Crippen molar-refractivity contribution in [1.82, 2.24) is 5.32 Å². The van der Waals surface area contributed by atoms with E-state index in [1.807, 2.05) is 54.6 Å². The summed E-state index contributed by atoms with van der Waals surface area (Å²) in [5.41, 5.74) is 4.96. The van der Waals surface area contributed by atoms with Gasteiger partial charge in [0.25, 0.3) is 5.91 Å². The number of carbonyl (C=O) groups is 2. The summed E-state index contributed by atoms with van der Waals surface area (Å²) in [5.74, 6) is 1.45. The molecule has 3 aromatic rings. The Morgan fingerprint density at radius 3 is 2.02 bits per heavy atom. The predicted molar refractivity (Wildman–Crippen MR) is 164 cm³/mol. The molecule has 0 bridgehead atoms. The molecule has 0 radical (unpaired) electrons. The second-order valence-corrected chi connectivity index (χ2v) is 10.8. The molecule has 3 N–H and O–H groups in total. The van der Waals surface area contributed by atoms with Gasteiger partial charge in [-0.15, -0.1) is 0 Å². The molecule has 3 aromatic carbocycles. The average molecular weight is 544 g/mol. The molecule has 1 saturated heterocycles. The molecular weight excluding hydrogens is 502 g/mol. The summed E-state index contributed by atoms with van der Waals surface area (Å²) in [5, 5.41) is 8.81. The van der Waals surface area contributed by atoms with Crippen molar-refractivity contribution in [2.24, 2.45) is 5.92 Å². The first-order valence-electron chi connectivity index (χ1n) is 14.0. The third-order valence-electron chi connectivity index (χ3n) is 7.05. The maximum atomic E-state index is 13.3. The zero-order chi connectivity index (χ0) is 28.6. The number of ether oxygens (including phenoxy) is 1. The second kappa shape index (κ2) is 13.2. The van der Waals surface area contributed by atoms with Crippen LogP contribution in [0.5, 0.6) is 5.75 Å². The summed E-state index contributed by atoms with van der Waals surface area (Å²) in [6.45, 7) is 12.1. The normalized spacial score (nSPS) is 13.4. The highest BCUT2D eigenvalue weighted by Crippen LogP contribution is 2.31. The topological polar surface area (TPSA) is 85.9 Å². The number of benzene rings is 3. The van der Waals surface area contributed by atoms with Crippen molar-refractivity contribution in [3.63, 3.8) is 0 Å². The minimum atomic E-state index is -0.357. The number of anilines is 4. The van der Waals surface area contributed by atoms with Gasteiger partial charge in [-0.05, 0) is 59.9 Å². The van der Waals surface area contributed by atoms with Crippen LogP contribution >= 0.6 is 0 Å². The number of para-hydroxylation sites is 2.